The number of hydrogen-bond acceptors (Lipinski definition) is 2. The summed E-state index contributed by atoms with van der Waals surface area (Å²) < 4.78 is 16.0. The molecule has 0 radical (unpaired) electrons. The van der Waals surface area contributed by atoms with Crippen LogP contribution in [0.2, 0.25) is 0 Å². The summed E-state index contributed by atoms with van der Waals surface area (Å²) in [6, 6.07) is 5.24. The van der Waals surface area contributed by atoms with Crippen molar-refractivity contribution >= 4 is 15.9 Å². The summed E-state index contributed by atoms with van der Waals surface area (Å²) in [6.07, 6.45) is 4.40. The van der Waals surface area contributed by atoms with Gasteiger partial charge in [0.1, 0.15) is 11.6 Å². The molecule has 0 fully saturated rings. The van der Waals surface area contributed by atoms with Crippen molar-refractivity contribution in [3.05, 3.63) is 52.3 Å². The van der Waals surface area contributed by atoms with Crippen LogP contribution in [0.5, 0.6) is 0 Å². The third-order valence-electron chi connectivity index (χ3n) is 3.00. The maximum absolute atomic E-state index is 13.5. The number of aromatic nitrogens is 2. The zero-order valence-corrected chi connectivity index (χ0v) is 11.9. The van der Waals surface area contributed by atoms with E-state index >= 15 is 0 Å². The normalized spacial score (nSPS) is 12.7. The molecule has 1 N–H and O–H groups in total. The van der Waals surface area contributed by atoms with Crippen LogP contribution in [0.25, 0.3) is 0 Å². The van der Waals surface area contributed by atoms with Gasteiger partial charge in [-0.05, 0) is 40.7 Å². The van der Waals surface area contributed by atoms with E-state index in [0.29, 0.717) is 4.47 Å². The van der Waals surface area contributed by atoms with Gasteiger partial charge in [-0.1, -0.05) is 6.07 Å². The molecule has 0 spiro atoms. The standard InChI is InChI=1S/C13H15BrFN3/c1-16-12(8-13-17-5-6-18(13)2)9-3-4-10(14)11(15)7-9/h3-7,12,16H,8H2,1-2H3. The Morgan fingerprint density at radius 1 is 1.50 bits per heavy atom. The first-order valence-electron chi connectivity index (χ1n) is 5.70. The number of halogens is 2. The van der Waals surface area contributed by atoms with E-state index in [2.05, 4.69) is 26.2 Å². The summed E-state index contributed by atoms with van der Waals surface area (Å²) in [4.78, 5) is 4.29. The fourth-order valence-corrected chi connectivity index (χ4v) is 2.14. The molecule has 5 heteroatoms. The van der Waals surface area contributed by atoms with Crippen molar-refractivity contribution < 1.29 is 4.39 Å². The molecule has 1 atom stereocenters. The predicted molar refractivity (Wildman–Crippen MR) is 72.8 cm³/mol. The van der Waals surface area contributed by atoms with Gasteiger partial charge in [0, 0.05) is 31.9 Å². The number of aryl methyl sites for hydroxylation is 1. The molecule has 1 unspecified atom stereocenters. The van der Waals surface area contributed by atoms with Crippen LogP contribution < -0.4 is 5.32 Å². The van der Waals surface area contributed by atoms with E-state index in [4.69, 9.17) is 0 Å². The zero-order chi connectivity index (χ0) is 13.1. The fraction of sp³-hybridized carbons (Fsp3) is 0.308. The van der Waals surface area contributed by atoms with Crippen LogP contribution in [0.3, 0.4) is 0 Å². The van der Waals surface area contributed by atoms with Gasteiger partial charge in [-0.2, -0.15) is 0 Å². The van der Waals surface area contributed by atoms with Crippen molar-refractivity contribution in [2.24, 2.45) is 7.05 Å². The molecule has 2 rings (SSSR count). The molecular formula is C13H15BrFN3. The summed E-state index contributed by atoms with van der Waals surface area (Å²) in [7, 11) is 3.82. The van der Waals surface area contributed by atoms with Gasteiger partial charge in [-0.25, -0.2) is 9.37 Å². The van der Waals surface area contributed by atoms with Gasteiger partial charge < -0.3 is 9.88 Å². The molecular weight excluding hydrogens is 297 g/mol. The van der Waals surface area contributed by atoms with Gasteiger partial charge >= 0.3 is 0 Å². The number of imidazole rings is 1. The van der Waals surface area contributed by atoms with Crippen LogP contribution in [-0.2, 0) is 13.5 Å². The monoisotopic (exact) mass is 311 g/mol. The Balaban J connectivity index is 2.23. The highest BCUT2D eigenvalue weighted by Gasteiger charge is 2.14. The Hall–Kier alpha value is -1.20. The van der Waals surface area contributed by atoms with Crippen molar-refractivity contribution in [3.8, 4) is 0 Å². The highest BCUT2D eigenvalue weighted by Crippen LogP contribution is 2.22. The van der Waals surface area contributed by atoms with Gasteiger partial charge in [0.2, 0.25) is 0 Å². The summed E-state index contributed by atoms with van der Waals surface area (Å²) in [6.45, 7) is 0. The first kappa shape index (κ1) is 13.2. The zero-order valence-electron chi connectivity index (χ0n) is 10.3. The molecule has 1 heterocycles. The SMILES string of the molecule is CNC(Cc1nccn1C)c1ccc(Br)c(F)c1. The van der Waals surface area contributed by atoms with Crippen LogP contribution >= 0.6 is 15.9 Å². The highest BCUT2D eigenvalue weighted by molar-refractivity contribution is 9.10. The topological polar surface area (TPSA) is 29.9 Å². The van der Waals surface area contributed by atoms with E-state index < -0.39 is 0 Å². The molecule has 2 aromatic rings. The lowest BCUT2D eigenvalue weighted by Gasteiger charge is -2.16. The Kier molecular flexibility index (Phi) is 4.14. The average molecular weight is 312 g/mol. The second-order valence-corrected chi connectivity index (χ2v) is 5.03. The Bertz CT molecular complexity index is 539. The summed E-state index contributed by atoms with van der Waals surface area (Å²) in [5.41, 5.74) is 0.918. The van der Waals surface area contributed by atoms with Crippen molar-refractivity contribution in [2.45, 2.75) is 12.5 Å². The average Bonchev–Trinajstić information content (AvgIpc) is 2.75. The number of nitrogens with one attached hydrogen (secondary N) is 1. The number of nitrogens with zero attached hydrogens (tertiary/aromatic N) is 2. The molecule has 96 valence electrons. The Morgan fingerprint density at radius 2 is 2.28 bits per heavy atom. The maximum Gasteiger partial charge on any atom is 0.137 e. The molecule has 1 aromatic heterocycles. The van der Waals surface area contributed by atoms with Gasteiger partial charge in [-0.3, -0.25) is 0 Å². The van der Waals surface area contributed by atoms with E-state index in [1.54, 1.807) is 18.3 Å². The van der Waals surface area contributed by atoms with E-state index in [-0.39, 0.29) is 11.9 Å². The van der Waals surface area contributed by atoms with Crippen molar-refractivity contribution in [1.29, 1.82) is 0 Å². The third kappa shape index (κ3) is 2.79. The molecule has 18 heavy (non-hydrogen) atoms. The lowest BCUT2D eigenvalue weighted by molar-refractivity contribution is 0.554. The Labute approximate surface area is 114 Å². The van der Waals surface area contributed by atoms with E-state index in [0.717, 1.165) is 17.8 Å². The summed E-state index contributed by atoms with van der Waals surface area (Å²) >= 11 is 3.16. The molecule has 0 saturated heterocycles. The molecule has 0 amide bonds. The lowest BCUT2D eigenvalue weighted by atomic mass is 10.0. The van der Waals surface area contributed by atoms with Gasteiger partial charge in [0.05, 0.1) is 4.47 Å². The van der Waals surface area contributed by atoms with Crippen LogP contribution in [-0.4, -0.2) is 16.6 Å². The number of benzene rings is 1. The number of likely N-dealkylation sites (N-methyl/N-ethyl adjacent to an activating group) is 1. The molecule has 0 saturated carbocycles. The molecule has 0 aliphatic carbocycles. The van der Waals surface area contributed by atoms with Gasteiger partial charge in [-0.15, -0.1) is 0 Å². The van der Waals surface area contributed by atoms with Crippen molar-refractivity contribution in [3.63, 3.8) is 0 Å². The number of hydrogen-bond donors (Lipinski definition) is 1. The first-order chi connectivity index (χ1) is 8.61. The van der Waals surface area contributed by atoms with Crippen molar-refractivity contribution in [2.75, 3.05) is 7.05 Å². The second kappa shape index (κ2) is 5.63. The smallest absolute Gasteiger partial charge is 0.137 e. The second-order valence-electron chi connectivity index (χ2n) is 4.17. The minimum atomic E-state index is -0.243. The number of rotatable bonds is 4. The largest absolute Gasteiger partial charge is 0.338 e. The summed E-state index contributed by atoms with van der Waals surface area (Å²) in [5.74, 6) is 0.727. The minimum Gasteiger partial charge on any atom is -0.338 e. The predicted octanol–water partition coefficient (Wildman–Crippen LogP) is 2.82. The van der Waals surface area contributed by atoms with Gasteiger partial charge in [0.15, 0.2) is 0 Å². The third-order valence-corrected chi connectivity index (χ3v) is 3.65. The van der Waals surface area contributed by atoms with Crippen LogP contribution in [0.4, 0.5) is 4.39 Å². The van der Waals surface area contributed by atoms with Crippen molar-refractivity contribution in [1.82, 2.24) is 14.9 Å². The molecule has 0 bridgehead atoms. The maximum atomic E-state index is 13.5. The fourth-order valence-electron chi connectivity index (χ4n) is 1.89. The lowest BCUT2D eigenvalue weighted by Crippen LogP contribution is -2.20. The molecule has 0 aliphatic heterocycles. The van der Waals surface area contributed by atoms with Gasteiger partial charge in [0.25, 0.3) is 0 Å². The van der Waals surface area contributed by atoms with Crippen LogP contribution in [0.1, 0.15) is 17.4 Å². The molecule has 3 nitrogen and oxygen atoms in total. The molecule has 1 aromatic carbocycles. The van der Waals surface area contributed by atoms with Crippen LogP contribution in [0.15, 0.2) is 35.1 Å². The van der Waals surface area contributed by atoms with Crippen LogP contribution in [0, 0.1) is 5.82 Å². The first-order valence-corrected chi connectivity index (χ1v) is 6.49. The highest BCUT2D eigenvalue weighted by atomic mass is 79.9. The summed E-state index contributed by atoms with van der Waals surface area (Å²) in [5, 5.41) is 3.20. The minimum absolute atomic E-state index is 0.0497. The van der Waals surface area contributed by atoms with E-state index in [1.807, 2.05) is 30.9 Å². The quantitative estimate of drug-likeness (QED) is 0.941. The van der Waals surface area contributed by atoms with E-state index in [9.17, 15) is 4.39 Å². The van der Waals surface area contributed by atoms with E-state index in [1.165, 1.54) is 0 Å². The molecule has 0 aliphatic rings. The Morgan fingerprint density at radius 3 is 2.83 bits per heavy atom.